The SMILES string of the molecule is CCOC(=O)N1CCCC(NC(=O)c2cccnc2OC)CC1. The number of pyridine rings is 1. The number of ether oxygens (including phenoxy) is 2. The van der Waals surface area contributed by atoms with E-state index in [1.165, 1.54) is 7.11 Å². The highest BCUT2D eigenvalue weighted by molar-refractivity contribution is 5.96. The smallest absolute Gasteiger partial charge is 0.409 e. The number of hydrogen-bond donors (Lipinski definition) is 1. The average molecular weight is 321 g/mol. The first-order chi connectivity index (χ1) is 11.2. The number of nitrogens with zero attached hydrogens (tertiary/aromatic N) is 2. The van der Waals surface area contributed by atoms with Gasteiger partial charge in [-0.05, 0) is 38.3 Å². The van der Waals surface area contributed by atoms with Crippen LogP contribution in [0.1, 0.15) is 36.5 Å². The average Bonchev–Trinajstić information content (AvgIpc) is 2.80. The Labute approximate surface area is 136 Å². The van der Waals surface area contributed by atoms with E-state index in [0.29, 0.717) is 37.6 Å². The first-order valence-electron chi connectivity index (χ1n) is 7.87. The number of rotatable bonds is 4. The van der Waals surface area contributed by atoms with Crippen LogP contribution in [-0.4, -0.2) is 54.7 Å². The molecule has 1 aromatic heterocycles. The van der Waals surface area contributed by atoms with Gasteiger partial charge in [-0.3, -0.25) is 4.79 Å². The molecule has 7 nitrogen and oxygen atoms in total. The molecule has 1 saturated heterocycles. The quantitative estimate of drug-likeness (QED) is 0.915. The summed E-state index contributed by atoms with van der Waals surface area (Å²) in [7, 11) is 1.49. The first kappa shape index (κ1) is 17.1. The standard InChI is InChI=1S/C16H23N3O4/c1-3-23-16(21)19-10-5-6-12(8-11-19)18-14(20)13-7-4-9-17-15(13)22-2/h4,7,9,12H,3,5-6,8,10-11H2,1-2H3,(H,18,20). The zero-order chi connectivity index (χ0) is 16.7. The Morgan fingerprint density at radius 3 is 2.96 bits per heavy atom. The van der Waals surface area contributed by atoms with Crippen LogP contribution in [0.2, 0.25) is 0 Å². The largest absolute Gasteiger partial charge is 0.480 e. The molecule has 0 spiro atoms. The van der Waals surface area contributed by atoms with Crippen LogP contribution in [0.3, 0.4) is 0 Å². The molecule has 0 bridgehead atoms. The van der Waals surface area contributed by atoms with Gasteiger partial charge >= 0.3 is 6.09 Å². The lowest BCUT2D eigenvalue weighted by molar-refractivity contribution is 0.0929. The summed E-state index contributed by atoms with van der Waals surface area (Å²) in [5, 5.41) is 3.00. The zero-order valence-corrected chi connectivity index (χ0v) is 13.6. The molecule has 1 fully saturated rings. The van der Waals surface area contributed by atoms with Crippen molar-refractivity contribution in [2.45, 2.75) is 32.2 Å². The normalized spacial score (nSPS) is 18.0. The lowest BCUT2D eigenvalue weighted by Crippen LogP contribution is -2.37. The maximum absolute atomic E-state index is 12.4. The Hall–Kier alpha value is -2.31. The van der Waals surface area contributed by atoms with E-state index in [0.717, 1.165) is 12.8 Å². The fourth-order valence-electron chi connectivity index (χ4n) is 2.63. The van der Waals surface area contributed by atoms with Gasteiger partial charge in [0, 0.05) is 25.3 Å². The van der Waals surface area contributed by atoms with Crippen LogP contribution < -0.4 is 10.1 Å². The van der Waals surface area contributed by atoms with Crippen molar-refractivity contribution in [3.8, 4) is 5.88 Å². The monoisotopic (exact) mass is 321 g/mol. The molecule has 1 unspecified atom stereocenters. The lowest BCUT2D eigenvalue weighted by Gasteiger charge is -2.20. The van der Waals surface area contributed by atoms with Gasteiger partial charge in [0.05, 0.1) is 13.7 Å². The Bertz CT molecular complexity index is 550. The van der Waals surface area contributed by atoms with Crippen LogP contribution in [0.15, 0.2) is 18.3 Å². The summed E-state index contributed by atoms with van der Waals surface area (Å²) >= 11 is 0. The molecule has 1 aliphatic heterocycles. The summed E-state index contributed by atoms with van der Waals surface area (Å²) in [5.74, 6) is 0.108. The highest BCUT2D eigenvalue weighted by Crippen LogP contribution is 2.16. The maximum atomic E-state index is 12.4. The third-order valence-corrected chi connectivity index (χ3v) is 3.80. The van der Waals surface area contributed by atoms with Gasteiger partial charge < -0.3 is 19.7 Å². The van der Waals surface area contributed by atoms with Crippen molar-refractivity contribution in [3.05, 3.63) is 23.9 Å². The molecule has 2 heterocycles. The van der Waals surface area contributed by atoms with Crippen molar-refractivity contribution in [1.82, 2.24) is 15.2 Å². The number of aromatic nitrogens is 1. The van der Waals surface area contributed by atoms with E-state index in [9.17, 15) is 9.59 Å². The van der Waals surface area contributed by atoms with E-state index in [4.69, 9.17) is 9.47 Å². The molecule has 0 aliphatic carbocycles. The van der Waals surface area contributed by atoms with E-state index < -0.39 is 0 Å². The van der Waals surface area contributed by atoms with Crippen molar-refractivity contribution in [1.29, 1.82) is 0 Å². The second-order valence-corrected chi connectivity index (χ2v) is 5.35. The van der Waals surface area contributed by atoms with Gasteiger partial charge in [-0.1, -0.05) is 0 Å². The molecule has 1 aromatic rings. The van der Waals surface area contributed by atoms with E-state index in [1.807, 2.05) is 0 Å². The van der Waals surface area contributed by atoms with Crippen molar-refractivity contribution in [3.63, 3.8) is 0 Å². The van der Waals surface area contributed by atoms with Gasteiger partial charge in [0.2, 0.25) is 5.88 Å². The molecule has 0 saturated carbocycles. The fraction of sp³-hybridized carbons (Fsp3) is 0.562. The second-order valence-electron chi connectivity index (χ2n) is 5.35. The number of carbonyl (C=O) groups is 2. The Balaban J connectivity index is 1.93. The second kappa shape index (κ2) is 8.36. The minimum atomic E-state index is -0.284. The third kappa shape index (κ3) is 4.58. The van der Waals surface area contributed by atoms with Crippen LogP contribution >= 0.6 is 0 Å². The van der Waals surface area contributed by atoms with E-state index in [-0.39, 0.29) is 18.0 Å². The number of likely N-dealkylation sites (tertiary alicyclic amines) is 1. The molecule has 1 atom stereocenters. The highest BCUT2D eigenvalue weighted by Gasteiger charge is 2.23. The number of carbonyl (C=O) groups excluding carboxylic acids is 2. The zero-order valence-electron chi connectivity index (χ0n) is 13.6. The molecule has 2 amide bonds. The minimum absolute atomic E-state index is 0.0202. The van der Waals surface area contributed by atoms with E-state index >= 15 is 0 Å². The van der Waals surface area contributed by atoms with Gasteiger partial charge in [-0.25, -0.2) is 9.78 Å². The molecule has 0 radical (unpaired) electrons. The van der Waals surface area contributed by atoms with Gasteiger partial charge in [0.15, 0.2) is 0 Å². The van der Waals surface area contributed by atoms with Crippen LogP contribution in [-0.2, 0) is 4.74 Å². The number of amides is 2. The lowest BCUT2D eigenvalue weighted by atomic mass is 10.1. The summed E-state index contributed by atoms with van der Waals surface area (Å²) < 4.78 is 10.1. The molecule has 0 aromatic carbocycles. The predicted octanol–water partition coefficient (Wildman–Crippen LogP) is 1.83. The maximum Gasteiger partial charge on any atom is 0.409 e. The van der Waals surface area contributed by atoms with Gasteiger partial charge in [0.1, 0.15) is 5.56 Å². The summed E-state index contributed by atoms with van der Waals surface area (Å²) in [4.78, 5) is 29.9. The molecule has 1 aliphatic rings. The fourth-order valence-corrected chi connectivity index (χ4v) is 2.63. The molecule has 126 valence electrons. The predicted molar refractivity (Wildman–Crippen MR) is 84.5 cm³/mol. The van der Waals surface area contributed by atoms with Gasteiger partial charge in [-0.2, -0.15) is 0 Å². The molecular formula is C16H23N3O4. The van der Waals surface area contributed by atoms with Crippen LogP contribution in [0, 0.1) is 0 Å². The van der Waals surface area contributed by atoms with Crippen LogP contribution in [0.4, 0.5) is 4.79 Å². The molecule has 1 N–H and O–H groups in total. The minimum Gasteiger partial charge on any atom is -0.480 e. The summed E-state index contributed by atoms with van der Waals surface area (Å²) in [6.07, 6.45) is 3.65. The van der Waals surface area contributed by atoms with Crippen molar-refractivity contribution in [2.24, 2.45) is 0 Å². The Morgan fingerprint density at radius 2 is 2.22 bits per heavy atom. The molecule has 23 heavy (non-hydrogen) atoms. The van der Waals surface area contributed by atoms with Crippen molar-refractivity contribution < 1.29 is 19.1 Å². The first-order valence-corrected chi connectivity index (χ1v) is 7.87. The van der Waals surface area contributed by atoms with Crippen LogP contribution in [0.5, 0.6) is 5.88 Å². The van der Waals surface area contributed by atoms with Crippen LogP contribution in [0.25, 0.3) is 0 Å². The highest BCUT2D eigenvalue weighted by atomic mass is 16.6. The Morgan fingerprint density at radius 1 is 1.39 bits per heavy atom. The van der Waals surface area contributed by atoms with E-state index in [2.05, 4.69) is 10.3 Å². The molecule has 2 rings (SSSR count). The van der Waals surface area contributed by atoms with Crippen molar-refractivity contribution >= 4 is 12.0 Å². The van der Waals surface area contributed by atoms with Gasteiger partial charge in [0.25, 0.3) is 5.91 Å². The van der Waals surface area contributed by atoms with E-state index in [1.54, 1.807) is 30.2 Å². The summed E-state index contributed by atoms with van der Waals surface area (Å²) in [6.45, 7) is 3.39. The summed E-state index contributed by atoms with van der Waals surface area (Å²) in [6, 6.07) is 3.40. The van der Waals surface area contributed by atoms with Crippen molar-refractivity contribution in [2.75, 3.05) is 26.8 Å². The summed E-state index contributed by atoms with van der Waals surface area (Å²) in [5.41, 5.74) is 0.418. The number of methoxy groups -OCH3 is 1. The van der Waals surface area contributed by atoms with Gasteiger partial charge in [-0.15, -0.1) is 0 Å². The third-order valence-electron chi connectivity index (χ3n) is 3.80. The topological polar surface area (TPSA) is 80.8 Å². The number of hydrogen-bond acceptors (Lipinski definition) is 5. The number of nitrogens with one attached hydrogen (secondary N) is 1. The molecular weight excluding hydrogens is 298 g/mol. The molecule has 7 heteroatoms. The Kier molecular flexibility index (Phi) is 6.19.